The number of methoxy groups -OCH3 is 2. The summed E-state index contributed by atoms with van der Waals surface area (Å²) in [6, 6.07) is 37.7. The summed E-state index contributed by atoms with van der Waals surface area (Å²) in [6.07, 6.45) is 0. The van der Waals surface area contributed by atoms with E-state index >= 15 is 0 Å². The quantitative estimate of drug-likeness (QED) is 0.0720. The number of nitriles is 1. The van der Waals surface area contributed by atoms with Crippen LogP contribution >= 0.6 is 0 Å². The van der Waals surface area contributed by atoms with Gasteiger partial charge in [-0.1, -0.05) is 63.4 Å². The van der Waals surface area contributed by atoms with Crippen LogP contribution in [0.3, 0.4) is 0 Å². The smallest absolute Gasteiger partial charge is 0.329 e. The van der Waals surface area contributed by atoms with Crippen LogP contribution in [0.2, 0.25) is 0 Å². The van der Waals surface area contributed by atoms with Gasteiger partial charge in [0.05, 0.1) is 25.9 Å². The summed E-state index contributed by atoms with van der Waals surface area (Å²) in [6.45, 7) is 10.4. The van der Waals surface area contributed by atoms with Gasteiger partial charge in [0.2, 0.25) is 0 Å². The highest BCUT2D eigenvalue weighted by Crippen LogP contribution is 2.35. The van der Waals surface area contributed by atoms with Crippen molar-refractivity contribution in [2.24, 2.45) is 0 Å². The largest absolute Gasteiger partial charge is 0.497 e. The Hall–Kier alpha value is -7.75. The minimum Gasteiger partial charge on any atom is -0.497 e. The van der Waals surface area contributed by atoms with Crippen molar-refractivity contribution in [2.75, 3.05) is 20.0 Å². The highest BCUT2D eigenvalue weighted by Gasteiger charge is 2.27. The molecule has 6 N–H and O–H groups in total. The van der Waals surface area contributed by atoms with E-state index in [0.717, 1.165) is 39.8 Å². The number of carbonyl (C=O) groups is 2. The van der Waals surface area contributed by atoms with Gasteiger partial charge in [-0.25, -0.2) is 35.9 Å². The van der Waals surface area contributed by atoms with Gasteiger partial charge in [0.25, 0.3) is 20.0 Å². The van der Waals surface area contributed by atoms with Gasteiger partial charge in [0, 0.05) is 16.8 Å². The fourth-order valence-electron chi connectivity index (χ4n) is 6.08. The number of anilines is 1. The number of hydrogen-bond acceptors (Lipinski definition) is 12. The van der Waals surface area contributed by atoms with Gasteiger partial charge in [-0.2, -0.15) is 5.26 Å². The van der Waals surface area contributed by atoms with Crippen molar-refractivity contribution in [1.29, 1.82) is 5.26 Å². The average molecular weight is 981 g/mol. The molecule has 0 bridgehead atoms. The molecule has 6 rings (SSSR count). The van der Waals surface area contributed by atoms with Crippen LogP contribution in [0.25, 0.3) is 22.3 Å². The molecule has 4 amide bonds. The van der Waals surface area contributed by atoms with E-state index in [9.17, 15) is 31.7 Å². The second-order valence-corrected chi connectivity index (χ2v) is 20.1. The number of amides is 4. The van der Waals surface area contributed by atoms with Crippen LogP contribution in [-0.2, 0) is 20.0 Å². The lowest BCUT2D eigenvalue weighted by molar-refractivity contribution is 0.236. The van der Waals surface area contributed by atoms with Gasteiger partial charge in [-0.15, -0.1) is 0 Å². The van der Waals surface area contributed by atoms with Crippen molar-refractivity contribution >= 4 is 37.8 Å². The first-order valence-electron chi connectivity index (χ1n) is 20.5. The van der Waals surface area contributed by atoms with Gasteiger partial charge in [0.15, 0.2) is 0 Å². The molecule has 0 saturated heterocycles. The Morgan fingerprint density at radius 3 is 1.29 bits per heavy atom. The number of nitrogen functional groups attached to an aromatic ring is 1. The second kappa shape index (κ2) is 23.3. The molecule has 6 aromatic rings. The first-order valence-corrected chi connectivity index (χ1v) is 23.4. The molecule has 0 aliphatic carbocycles. The molecule has 0 radical (unpaired) electrons. The Bertz CT molecular complexity index is 3000. The predicted octanol–water partition coefficient (Wildman–Crippen LogP) is 10.6. The summed E-state index contributed by atoms with van der Waals surface area (Å²) in [5.74, 6) is 2.28. The van der Waals surface area contributed by atoms with Crippen molar-refractivity contribution in [2.45, 2.75) is 77.3 Å². The summed E-state index contributed by atoms with van der Waals surface area (Å²) in [4.78, 5) is 23.8. The Kier molecular flexibility index (Phi) is 18.8. The number of hydrogen-bond donors (Lipinski definition) is 5. The normalized spacial score (nSPS) is 11.1. The van der Waals surface area contributed by atoms with Crippen LogP contribution in [0.4, 0.5) is 15.3 Å². The number of rotatable bonds is 12. The van der Waals surface area contributed by atoms with Crippen LogP contribution in [-0.4, -0.2) is 54.2 Å². The molecule has 0 heterocycles. The molecular formula is C51H60N6O10S2. The fraction of sp³-hybridized carbons (Fsp3) is 0.235. The molecule has 0 aromatic heterocycles. The highest BCUT2D eigenvalue weighted by atomic mass is 32.2. The monoisotopic (exact) mass is 980 g/mol. The zero-order chi connectivity index (χ0) is 49.2. The molecule has 18 heteroatoms. The van der Waals surface area contributed by atoms with Gasteiger partial charge in [-0.05, 0) is 149 Å². The molecule has 0 aliphatic rings. The van der Waals surface area contributed by atoms with E-state index in [1.54, 1.807) is 92.2 Å². The maximum absolute atomic E-state index is 13.0. The maximum Gasteiger partial charge on any atom is 0.329 e. The molecule has 0 aliphatic heterocycles. The highest BCUT2D eigenvalue weighted by molar-refractivity contribution is 7.90. The molecule has 16 nitrogen and oxygen atoms in total. The van der Waals surface area contributed by atoms with Crippen molar-refractivity contribution < 1.29 is 45.4 Å². The maximum atomic E-state index is 13.0. The number of sulfonamides is 2. The molecule has 0 saturated carbocycles. The Morgan fingerprint density at radius 1 is 0.522 bits per heavy atom. The van der Waals surface area contributed by atoms with Crippen LogP contribution in [0.1, 0.15) is 62.0 Å². The van der Waals surface area contributed by atoms with E-state index in [4.69, 9.17) is 24.7 Å². The molecule has 0 atom stereocenters. The molecular weight excluding hydrogens is 921 g/mol. The molecule has 0 fully saturated rings. The van der Waals surface area contributed by atoms with Crippen molar-refractivity contribution in [3.63, 3.8) is 0 Å². The number of nitrogens with zero attached hydrogens (tertiary/aromatic N) is 1. The summed E-state index contributed by atoms with van der Waals surface area (Å²) in [5, 5.41) is 14.3. The topological polar surface area (TPSA) is 237 Å². The number of carbonyl (C=O) groups excluding carboxylic acids is 2. The molecule has 0 spiro atoms. The van der Waals surface area contributed by atoms with Crippen LogP contribution < -0.4 is 44.8 Å². The third-order valence-corrected chi connectivity index (χ3v) is 11.7. The first kappa shape index (κ1) is 55.6. The average Bonchev–Trinajstić information content (AvgIpc) is 3.26. The standard InChI is InChI=1S/C25H25N3O5S.C24H27N3O5S.2CH4/c1-25(2,3)27-24(29)28-34(30,31)23-14-17(16-26)8-13-22(23)33-21-7-5-6-19(15-21)18-9-11-20(32-4)12-10-18;1-24(2,3)26-23(28)27-33(29,30)22-15-18(25)10-13-21(22)32-20-7-5-6-17(14-20)16-8-11-19(31-4)12-9-16;;/h5-15H,1-4H3,(H2,27,28,29);5-15H,25H2,1-4H3,(H2,26,27,28);2*1H4. The van der Waals surface area contributed by atoms with Crippen LogP contribution in [0, 0.1) is 11.3 Å². The number of nitrogens with one attached hydrogen (secondary N) is 4. The van der Waals surface area contributed by atoms with Crippen molar-refractivity contribution in [3.05, 3.63) is 139 Å². The lowest BCUT2D eigenvalue weighted by Gasteiger charge is -2.21. The van der Waals surface area contributed by atoms with Gasteiger partial charge >= 0.3 is 12.1 Å². The minimum atomic E-state index is -4.34. The summed E-state index contributed by atoms with van der Waals surface area (Å²) in [5.41, 5.74) is 8.45. The van der Waals surface area contributed by atoms with E-state index in [1.807, 2.05) is 76.2 Å². The van der Waals surface area contributed by atoms with Gasteiger partial charge in [0.1, 0.15) is 44.3 Å². The van der Waals surface area contributed by atoms with Crippen LogP contribution in [0.15, 0.2) is 143 Å². The van der Waals surface area contributed by atoms with E-state index in [2.05, 4.69) is 10.6 Å². The lowest BCUT2D eigenvalue weighted by Crippen LogP contribution is -2.48. The summed E-state index contributed by atoms with van der Waals surface area (Å²) in [7, 11) is -5.40. The zero-order valence-corrected chi connectivity index (χ0v) is 39.8. The van der Waals surface area contributed by atoms with Gasteiger partial charge in [-0.3, -0.25) is 0 Å². The fourth-order valence-corrected chi connectivity index (χ4v) is 8.21. The number of ether oxygens (including phenoxy) is 4. The number of benzene rings is 6. The molecule has 6 aromatic carbocycles. The van der Waals surface area contributed by atoms with E-state index < -0.39 is 43.2 Å². The predicted molar refractivity (Wildman–Crippen MR) is 270 cm³/mol. The zero-order valence-electron chi connectivity index (χ0n) is 38.1. The van der Waals surface area contributed by atoms with Crippen molar-refractivity contribution in [1.82, 2.24) is 20.1 Å². The lowest BCUT2D eigenvalue weighted by atomic mass is 10.1. The second-order valence-electron chi connectivity index (χ2n) is 16.8. The Morgan fingerprint density at radius 2 is 0.913 bits per heavy atom. The number of urea groups is 2. The van der Waals surface area contributed by atoms with Crippen molar-refractivity contribution in [3.8, 4) is 62.8 Å². The SMILES string of the molecule is C.C.COc1ccc(-c2cccc(Oc3ccc(C#N)cc3S(=O)(=O)NC(=O)NC(C)(C)C)c2)cc1.COc1ccc(-c2cccc(Oc3ccc(N)cc3S(=O)(=O)NC(=O)NC(C)(C)C)c2)cc1. The van der Waals surface area contributed by atoms with Crippen LogP contribution in [0.5, 0.6) is 34.5 Å². The van der Waals surface area contributed by atoms with E-state index in [-0.39, 0.29) is 47.4 Å². The number of nitrogens with two attached hydrogens (primary N) is 1. The summed E-state index contributed by atoms with van der Waals surface area (Å²) >= 11 is 0. The molecule has 0 unspecified atom stereocenters. The summed E-state index contributed by atoms with van der Waals surface area (Å²) < 4.78 is 78.0. The third-order valence-electron chi connectivity index (χ3n) is 9.02. The molecule has 366 valence electrons. The Labute approximate surface area is 405 Å². The Balaban J connectivity index is 0.000000355. The first-order chi connectivity index (χ1) is 31.5. The third kappa shape index (κ3) is 16.2. The van der Waals surface area contributed by atoms with E-state index in [1.165, 1.54) is 30.3 Å². The molecule has 69 heavy (non-hydrogen) atoms. The van der Waals surface area contributed by atoms with Gasteiger partial charge < -0.3 is 35.3 Å². The minimum absolute atomic E-state index is 0. The van der Waals surface area contributed by atoms with E-state index in [0.29, 0.717) is 11.5 Å².